The number of hydrogen-bond acceptors (Lipinski definition) is 7. The summed E-state index contributed by atoms with van der Waals surface area (Å²) in [6.07, 6.45) is 0.827. The van der Waals surface area contributed by atoms with Crippen LogP contribution in [0.15, 0.2) is 78.4 Å². The summed E-state index contributed by atoms with van der Waals surface area (Å²) in [7, 11) is 3.05. The van der Waals surface area contributed by atoms with E-state index in [1.807, 2.05) is 37.3 Å². The Balaban J connectivity index is 1.74. The number of aliphatic hydroxyl groups is 1. The Labute approximate surface area is 228 Å². The van der Waals surface area contributed by atoms with Gasteiger partial charge in [0.1, 0.15) is 18.1 Å². The van der Waals surface area contributed by atoms with Gasteiger partial charge in [-0.05, 0) is 41.8 Å². The zero-order chi connectivity index (χ0) is 27.8. The molecule has 1 unspecified atom stereocenters. The third kappa shape index (κ3) is 6.23. The molecule has 0 saturated carbocycles. The third-order valence-electron chi connectivity index (χ3n) is 6.40. The van der Waals surface area contributed by atoms with E-state index >= 15 is 0 Å². The second-order valence-electron chi connectivity index (χ2n) is 9.05. The highest BCUT2D eigenvalue weighted by molar-refractivity contribution is 6.46. The zero-order valence-corrected chi connectivity index (χ0v) is 22.4. The molecule has 1 saturated heterocycles. The van der Waals surface area contributed by atoms with Gasteiger partial charge in [-0.25, -0.2) is 0 Å². The van der Waals surface area contributed by atoms with Crippen molar-refractivity contribution in [1.29, 1.82) is 0 Å². The Hall–Kier alpha value is -4.30. The summed E-state index contributed by atoms with van der Waals surface area (Å²) in [5.41, 5.74) is 1.97. The molecule has 1 fully saturated rings. The number of rotatable bonds is 12. The lowest BCUT2D eigenvalue weighted by atomic mass is 9.95. The first-order valence-corrected chi connectivity index (χ1v) is 12.8. The molecule has 1 amide bonds. The van der Waals surface area contributed by atoms with Gasteiger partial charge in [0.25, 0.3) is 11.7 Å². The van der Waals surface area contributed by atoms with E-state index in [0.717, 1.165) is 12.0 Å². The van der Waals surface area contributed by atoms with Crippen LogP contribution in [0.1, 0.15) is 36.1 Å². The fraction of sp³-hybridized carbons (Fsp3) is 0.290. The average Bonchev–Trinajstić information content (AvgIpc) is 3.23. The van der Waals surface area contributed by atoms with E-state index in [-0.39, 0.29) is 24.5 Å². The number of carbonyl (C=O) groups excluding carboxylic acids is 2. The molecule has 204 valence electrons. The van der Waals surface area contributed by atoms with Crippen LogP contribution in [-0.2, 0) is 20.9 Å². The minimum Gasteiger partial charge on any atom is -0.507 e. The summed E-state index contributed by atoms with van der Waals surface area (Å²) in [4.78, 5) is 27.8. The second-order valence-corrected chi connectivity index (χ2v) is 9.05. The normalized spacial score (nSPS) is 16.4. The first-order chi connectivity index (χ1) is 19.0. The van der Waals surface area contributed by atoms with Crippen molar-refractivity contribution < 1.29 is 33.6 Å². The molecule has 8 heteroatoms. The SMILES string of the molecule is CCCOc1cccc(C(O)=C2C(=O)C(=O)N(CCOC)C2c2ccc(OCc3ccccc3)c(OC)c2)c1. The number of aliphatic hydroxyl groups excluding tert-OH is 1. The summed E-state index contributed by atoms with van der Waals surface area (Å²) in [5.74, 6) is -0.233. The highest BCUT2D eigenvalue weighted by Crippen LogP contribution is 2.42. The number of amides is 1. The van der Waals surface area contributed by atoms with Gasteiger partial charge in [0.15, 0.2) is 11.5 Å². The summed E-state index contributed by atoms with van der Waals surface area (Å²) >= 11 is 0. The van der Waals surface area contributed by atoms with E-state index in [0.29, 0.717) is 41.6 Å². The lowest BCUT2D eigenvalue weighted by molar-refractivity contribution is -0.140. The largest absolute Gasteiger partial charge is 0.507 e. The van der Waals surface area contributed by atoms with Gasteiger partial charge in [-0.2, -0.15) is 0 Å². The van der Waals surface area contributed by atoms with Crippen molar-refractivity contribution in [1.82, 2.24) is 4.90 Å². The van der Waals surface area contributed by atoms with E-state index in [9.17, 15) is 14.7 Å². The molecule has 4 rings (SSSR count). The standard InChI is InChI=1S/C31H33NO7/c1-4-16-38-24-12-8-11-23(18-24)29(33)27-28(32(15-17-36-2)31(35)30(27)34)22-13-14-25(26(19-22)37-3)39-20-21-9-6-5-7-10-21/h5-14,18-19,28,33H,4,15-17,20H2,1-3H3. The van der Waals surface area contributed by atoms with Crippen LogP contribution in [0.2, 0.25) is 0 Å². The maximum Gasteiger partial charge on any atom is 0.295 e. The summed E-state index contributed by atoms with van der Waals surface area (Å²) in [6.45, 7) is 3.25. The molecule has 8 nitrogen and oxygen atoms in total. The second kappa shape index (κ2) is 13.0. The smallest absolute Gasteiger partial charge is 0.295 e. The number of benzene rings is 3. The predicted octanol–water partition coefficient (Wildman–Crippen LogP) is 5.13. The van der Waals surface area contributed by atoms with Crippen LogP contribution in [0.5, 0.6) is 17.2 Å². The first-order valence-electron chi connectivity index (χ1n) is 12.8. The van der Waals surface area contributed by atoms with Crippen molar-refractivity contribution in [2.75, 3.05) is 34.0 Å². The van der Waals surface area contributed by atoms with Crippen LogP contribution in [0, 0.1) is 0 Å². The Morgan fingerprint density at radius 1 is 0.897 bits per heavy atom. The minimum absolute atomic E-state index is 0.0104. The molecule has 1 atom stereocenters. The Bertz CT molecular complexity index is 1340. The van der Waals surface area contributed by atoms with Crippen molar-refractivity contribution in [3.63, 3.8) is 0 Å². The number of hydrogen-bond donors (Lipinski definition) is 1. The summed E-state index contributed by atoms with van der Waals surface area (Å²) < 4.78 is 22.5. The monoisotopic (exact) mass is 531 g/mol. The first kappa shape index (κ1) is 27.7. The topological polar surface area (TPSA) is 94.5 Å². The van der Waals surface area contributed by atoms with Gasteiger partial charge in [-0.3, -0.25) is 9.59 Å². The predicted molar refractivity (Wildman–Crippen MR) is 147 cm³/mol. The zero-order valence-electron chi connectivity index (χ0n) is 22.4. The molecule has 1 N–H and O–H groups in total. The van der Waals surface area contributed by atoms with Crippen molar-refractivity contribution in [3.05, 3.63) is 95.1 Å². The van der Waals surface area contributed by atoms with Crippen LogP contribution < -0.4 is 14.2 Å². The average molecular weight is 532 g/mol. The van der Waals surface area contributed by atoms with E-state index in [4.69, 9.17) is 18.9 Å². The van der Waals surface area contributed by atoms with Gasteiger partial charge in [0.05, 0.1) is 31.9 Å². The van der Waals surface area contributed by atoms with Crippen molar-refractivity contribution in [2.24, 2.45) is 0 Å². The molecule has 0 aromatic heterocycles. The van der Waals surface area contributed by atoms with Gasteiger partial charge in [0.2, 0.25) is 0 Å². The van der Waals surface area contributed by atoms with E-state index < -0.39 is 17.7 Å². The Kier molecular flexibility index (Phi) is 9.22. The molecule has 39 heavy (non-hydrogen) atoms. The number of ether oxygens (including phenoxy) is 4. The van der Waals surface area contributed by atoms with Gasteiger partial charge in [0, 0.05) is 19.2 Å². The lowest BCUT2D eigenvalue weighted by Gasteiger charge is -2.25. The van der Waals surface area contributed by atoms with Crippen molar-refractivity contribution in [3.8, 4) is 17.2 Å². The Morgan fingerprint density at radius 3 is 2.41 bits per heavy atom. The third-order valence-corrected chi connectivity index (χ3v) is 6.40. The highest BCUT2D eigenvalue weighted by atomic mass is 16.5. The molecule has 0 spiro atoms. The van der Waals surface area contributed by atoms with Crippen LogP contribution in [0.3, 0.4) is 0 Å². The molecule has 3 aromatic carbocycles. The van der Waals surface area contributed by atoms with Gasteiger partial charge in [-0.1, -0.05) is 55.5 Å². The Morgan fingerprint density at radius 2 is 1.69 bits per heavy atom. The number of carbonyl (C=O) groups is 2. The van der Waals surface area contributed by atoms with E-state index in [1.165, 1.54) is 19.1 Å². The molecule has 3 aromatic rings. The number of likely N-dealkylation sites (tertiary alicyclic amines) is 1. The highest BCUT2D eigenvalue weighted by Gasteiger charge is 2.46. The number of methoxy groups -OCH3 is 2. The van der Waals surface area contributed by atoms with Crippen LogP contribution in [-0.4, -0.2) is 55.7 Å². The summed E-state index contributed by atoms with van der Waals surface area (Å²) in [5, 5.41) is 11.4. The molecule has 0 radical (unpaired) electrons. The number of Topliss-reactive ketones (excluding diaryl/α,β-unsaturated/α-hetero) is 1. The van der Waals surface area contributed by atoms with Gasteiger partial charge >= 0.3 is 0 Å². The summed E-state index contributed by atoms with van der Waals surface area (Å²) in [6, 6.07) is 21.0. The number of nitrogens with zero attached hydrogens (tertiary/aromatic N) is 1. The fourth-order valence-corrected chi connectivity index (χ4v) is 4.46. The van der Waals surface area contributed by atoms with Gasteiger partial charge < -0.3 is 29.0 Å². The molecule has 1 aliphatic rings. The number of ketones is 1. The molecule has 1 heterocycles. The van der Waals surface area contributed by atoms with Gasteiger partial charge in [-0.15, -0.1) is 0 Å². The lowest BCUT2D eigenvalue weighted by Crippen LogP contribution is -2.32. The van der Waals surface area contributed by atoms with E-state index in [2.05, 4.69) is 0 Å². The fourth-order valence-electron chi connectivity index (χ4n) is 4.46. The maximum atomic E-state index is 13.3. The van der Waals surface area contributed by atoms with Crippen molar-refractivity contribution >= 4 is 17.4 Å². The van der Waals surface area contributed by atoms with E-state index in [1.54, 1.807) is 42.5 Å². The quantitative estimate of drug-likeness (QED) is 0.197. The van der Waals surface area contributed by atoms with Crippen LogP contribution in [0.4, 0.5) is 0 Å². The maximum absolute atomic E-state index is 13.3. The van der Waals surface area contributed by atoms with Crippen LogP contribution >= 0.6 is 0 Å². The van der Waals surface area contributed by atoms with Crippen molar-refractivity contribution in [2.45, 2.75) is 26.0 Å². The molecular weight excluding hydrogens is 498 g/mol. The molecule has 0 bridgehead atoms. The minimum atomic E-state index is -0.850. The molecule has 0 aliphatic carbocycles. The van der Waals surface area contributed by atoms with Crippen LogP contribution in [0.25, 0.3) is 5.76 Å². The molecular formula is C31H33NO7. The molecule has 1 aliphatic heterocycles.